The number of rotatable bonds is 4. The maximum absolute atomic E-state index is 14.0. The molecule has 4 heteroatoms. The van der Waals surface area contributed by atoms with Gasteiger partial charge in [0.2, 0.25) is 0 Å². The summed E-state index contributed by atoms with van der Waals surface area (Å²) >= 11 is 3.44. The van der Waals surface area contributed by atoms with Crippen molar-refractivity contribution in [1.29, 1.82) is 0 Å². The molecule has 1 aromatic rings. The van der Waals surface area contributed by atoms with Crippen molar-refractivity contribution in [2.45, 2.75) is 44.8 Å². The average Bonchev–Trinajstić information content (AvgIpc) is 3.27. The highest BCUT2D eigenvalue weighted by Crippen LogP contribution is 2.35. The summed E-state index contributed by atoms with van der Waals surface area (Å²) in [6.07, 6.45) is 3.82. The molecular weight excluding hydrogens is 319 g/mol. The van der Waals surface area contributed by atoms with Crippen LogP contribution in [-0.2, 0) is 6.54 Å². The molecule has 2 atom stereocenters. The predicted octanol–water partition coefficient (Wildman–Crippen LogP) is 3.55. The maximum atomic E-state index is 14.0. The van der Waals surface area contributed by atoms with Crippen molar-refractivity contribution in [1.82, 2.24) is 10.2 Å². The van der Waals surface area contributed by atoms with Crippen LogP contribution in [0.25, 0.3) is 0 Å². The van der Waals surface area contributed by atoms with Crippen LogP contribution in [0.4, 0.5) is 4.39 Å². The largest absolute Gasteiger partial charge is 0.311 e. The van der Waals surface area contributed by atoms with Crippen LogP contribution in [-0.4, -0.2) is 30.1 Å². The lowest BCUT2D eigenvalue weighted by Crippen LogP contribution is -2.56. The smallest absolute Gasteiger partial charge is 0.127 e. The van der Waals surface area contributed by atoms with Crippen LogP contribution >= 0.6 is 15.9 Å². The Kier molecular flexibility index (Phi) is 4.43. The molecule has 2 unspecified atom stereocenters. The summed E-state index contributed by atoms with van der Waals surface area (Å²) in [4.78, 5) is 2.46. The van der Waals surface area contributed by atoms with Gasteiger partial charge in [0, 0.05) is 41.8 Å². The summed E-state index contributed by atoms with van der Waals surface area (Å²) in [6, 6.07) is 6.36. The Morgan fingerprint density at radius 2 is 2.20 bits per heavy atom. The molecule has 1 aliphatic heterocycles. The van der Waals surface area contributed by atoms with Gasteiger partial charge in [0.1, 0.15) is 5.82 Å². The first-order valence-corrected chi connectivity index (χ1v) is 8.38. The Balaban J connectivity index is 1.73. The Morgan fingerprint density at radius 1 is 1.40 bits per heavy atom. The molecule has 1 saturated heterocycles. The number of hydrogen-bond acceptors (Lipinski definition) is 2. The van der Waals surface area contributed by atoms with E-state index in [9.17, 15) is 4.39 Å². The number of nitrogens with one attached hydrogen (secondary N) is 1. The van der Waals surface area contributed by atoms with Gasteiger partial charge in [0.15, 0.2) is 0 Å². The SMILES string of the molecule is CCC1CNC(C2CC2)CN1Cc1cc(Br)ccc1F. The van der Waals surface area contributed by atoms with E-state index in [0.29, 0.717) is 18.6 Å². The zero-order valence-electron chi connectivity index (χ0n) is 11.9. The number of hydrogen-bond donors (Lipinski definition) is 1. The predicted molar refractivity (Wildman–Crippen MR) is 83.1 cm³/mol. The number of benzene rings is 1. The molecule has 1 aliphatic carbocycles. The van der Waals surface area contributed by atoms with Crippen LogP contribution in [0.5, 0.6) is 0 Å². The molecule has 1 N–H and O–H groups in total. The van der Waals surface area contributed by atoms with E-state index in [1.165, 1.54) is 12.8 Å². The highest BCUT2D eigenvalue weighted by molar-refractivity contribution is 9.10. The minimum Gasteiger partial charge on any atom is -0.311 e. The zero-order chi connectivity index (χ0) is 14.1. The van der Waals surface area contributed by atoms with E-state index >= 15 is 0 Å². The van der Waals surface area contributed by atoms with Gasteiger partial charge in [0.05, 0.1) is 0 Å². The first kappa shape index (κ1) is 14.5. The van der Waals surface area contributed by atoms with Gasteiger partial charge in [-0.3, -0.25) is 4.90 Å². The number of nitrogens with zero attached hydrogens (tertiary/aromatic N) is 1. The fourth-order valence-corrected chi connectivity index (χ4v) is 3.59. The normalized spacial score (nSPS) is 27.8. The second kappa shape index (κ2) is 6.12. The van der Waals surface area contributed by atoms with E-state index in [4.69, 9.17) is 0 Å². The van der Waals surface area contributed by atoms with Gasteiger partial charge in [0.25, 0.3) is 0 Å². The van der Waals surface area contributed by atoms with Crippen molar-refractivity contribution >= 4 is 15.9 Å². The molecule has 2 fully saturated rings. The van der Waals surface area contributed by atoms with Crippen LogP contribution < -0.4 is 5.32 Å². The van der Waals surface area contributed by atoms with Crippen molar-refractivity contribution in [2.75, 3.05) is 13.1 Å². The van der Waals surface area contributed by atoms with Gasteiger partial charge in [-0.15, -0.1) is 0 Å². The summed E-state index contributed by atoms with van der Waals surface area (Å²) in [5, 5.41) is 3.68. The van der Waals surface area contributed by atoms with E-state index in [1.54, 1.807) is 12.1 Å². The van der Waals surface area contributed by atoms with Crippen molar-refractivity contribution in [2.24, 2.45) is 5.92 Å². The number of piperazine rings is 1. The molecule has 1 saturated carbocycles. The lowest BCUT2D eigenvalue weighted by atomic mass is 10.0. The van der Waals surface area contributed by atoms with Crippen LogP contribution in [0, 0.1) is 11.7 Å². The summed E-state index contributed by atoms with van der Waals surface area (Å²) in [5.74, 6) is 0.757. The highest BCUT2D eigenvalue weighted by atomic mass is 79.9. The third kappa shape index (κ3) is 3.23. The fraction of sp³-hybridized carbons (Fsp3) is 0.625. The highest BCUT2D eigenvalue weighted by Gasteiger charge is 2.36. The summed E-state index contributed by atoms with van der Waals surface area (Å²) < 4.78 is 14.9. The quantitative estimate of drug-likeness (QED) is 0.901. The molecule has 0 amide bonds. The van der Waals surface area contributed by atoms with Gasteiger partial charge in [-0.1, -0.05) is 22.9 Å². The first-order valence-electron chi connectivity index (χ1n) is 7.58. The van der Waals surface area contributed by atoms with Crippen molar-refractivity contribution in [3.05, 3.63) is 34.1 Å². The van der Waals surface area contributed by atoms with Crippen molar-refractivity contribution in [3.63, 3.8) is 0 Å². The molecule has 2 nitrogen and oxygen atoms in total. The van der Waals surface area contributed by atoms with Crippen LogP contribution in [0.15, 0.2) is 22.7 Å². The topological polar surface area (TPSA) is 15.3 Å². The molecule has 110 valence electrons. The Hall–Kier alpha value is -0.450. The molecule has 0 spiro atoms. The minimum absolute atomic E-state index is 0.0930. The molecule has 20 heavy (non-hydrogen) atoms. The van der Waals surface area contributed by atoms with Gasteiger partial charge < -0.3 is 5.32 Å². The summed E-state index contributed by atoms with van der Waals surface area (Å²) in [6.45, 7) is 5.02. The summed E-state index contributed by atoms with van der Waals surface area (Å²) in [5.41, 5.74) is 0.800. The van der Waals surface area contributed by atoms with E-state index in [1.807, 2.05) is 6.07 Å². The van der Waals surface area contributed by atoms with Crippen LogP contribution in [0.3, 0.4) is 0 Å². The minimum atomic E-state index is -0.0930. The third-order valence-corrected chi connectivity index (χ3v) is 5.10. The summed E-state index contributed by atoms with van der Waals surface area (Å²) in [7, 11) is 0. The number of halogens is 2. The lowest BCUT2D eigenvalue weighted by Gasteiger charge is -2.40. The monoisotopic (exact) mass is 340 g/mol. The Labute approximate surface area is 128 Å². The Bertz CT molecular complexity index is 476. The lowest BCUT2D eigenvalue weighted by molar-refractivity contribution is 0.110. The molecule has 0 aromatic heterocycles. The zero-order valence-corrected chi connectivity index (χ0v) is 13.5. The van der Waals surface area contributed by atoms with E-state index in [-0.39, 0.29) is 5.82 Å². The molecule has 2 aliphatic rings. The van der Waals surface area contributed by atoms with Gasteiger partial charge in [-0.05, 0) is 43.4 Å². The fourth-order valence-electron chi connectivity index (χ4n) is 3.18. The molecule has 0 bridgehead atoms. The van der Waals surface area contributed by atoms with Crippen molar-refractivity contribution < 1.29 is 4.39 Å². The Morgan fingerprint density at radius 3 is 2.90 bits per heavy atom. The van der Waals surface area contributed by atoms with E-state index in [0.717, 1.165) is 35.5 Å². The molecule has 1 aromatic carbocycles. The van der Waals surface area contributed by atoms with Crippen LogP contribution in [0.1, 0.15) is 31.7 Å². The van der Waals surface area contributed by atoms with E-state index < -0.39 is 0 Å². The second-order valence-electron chi connectivity index (χ2n) is 6.08. The van der Waals surface area contributed by atoms with Gasteiger partial charge >= 0.3 is 0 Å². The molecule has 0 radical (unpaired) electrons. The second-order valence-corrected chi connectivity index (χ2v) is 7.00. The standard InChI is InChI=1S/C16H22BrFN2/c1-2-14-8-19-16(11-3-4-11)10-20(14)9-12-7-13(17)5-6-15(12)18/h5-7,11,14,16,19H,2-4,8-10H2,1H3. The molecule has 3 rings (SSSR count). The van der Waals surface area contributed by atoms with E-state index in [2.05, 4.69) is 33.1 Å². The van der Waals surface area contributed by atoms with Gasteiger partial charge in [-0.2, -0.15) is 0 Å². The molecular formula is C16H22BrFN2. The maximum Gasteiger partial charge on any atom is 0.127 e. The van der Waals surface area contributed by atoms with Crippen molar-refractivity contribution in [3.8, 4) is 0 Å². The first-order chi connectivity index (χ1) is 9.67. The molecule has 1 heterocycles. The third-order valence-electron chi connectivity index (χ3n) is 4.61. The van der Waals surface area contributed by atoms with Crippen LogP contribution in [0.2, 0.25) is 0 Å². The average molecular weight is 341 g/mol. The van der Waals surface area contributed by atoms with Gasteiger partial charge in [-0.25, -0.2) is 4.39 Å².